The number of aryl methyl sites for hydroxylation is 1. The number of ether oxygens (including phenoxy) is 1. The van der Waals surface area contributed by atoms with Crippen molar-refractivity contribution in [2.45, 2.75) is 63.5 Å². The molecule has 0 saturated heterocycles. The van der Waals surface area contributed by atoms with Gasteiger partial charge in [-0.3, -0.25) is 4.79 Å². The molecule has 0 atom stereocenters. The van der Waals surface area contributed by atoms with Gasteiger partial charge in [0, 0.05) is 37.3 Å². The zero-order chi connectivity index (χ0) is 24.9. The summed E-state index contributed by atoms with van der Waals surface area (Å²) in [6.07, 6.45) is 8.30. The van der Waals surface area contributed by atoms with Crippen molar-refractivity contribution in [1.82, 2.24) is 15.3 Å². The molecule has 0 bridgehead atoms. The van der Waals surface area contributed by atoms with Crippen molar-refractivity contribution in [3.8, 4) is 11.5 Å². The van der Waals surface area contributed by atoms with Gasteiger partial charge in [-0.25, -0.2) is 4.98 Å². The zero-order valence-electron chi connectivity index (χ0n) is 21.2. The Kier molecular flexibility index (Phi) is 7.35. The number of anilines is 2. The van der Waals surface area contributed by atoms with Crippen LogP contribution in [0.25, 0.3) is 0 Å². The Morgan fingerprint density at radius 2 is 1.61 bits per heavy atom. The topological polar surface area (TPSA) is 79.4 Å². The summed E-state index contributed by atoms with van der Waals surface area (Å²) < 4.78 is 5.88. The maximum atomic E-state index is 12.9. The largest absolute Gasteiger partial charge is 0.457 e. The van der Waals surface area contributed by atoms with E-state index in [0.29, 0.717) is 17.4 Å². The molecule has 3 aromatic rings. The lowest BCUT2D eigenvalue weighted by Crippen LogP contribution is -2.40. The van der Waals surface area contributed by atoms with Gasteiger partial charge in [0.05, 0.1) is 5.69 Å². The minimum atomic E-state index is -0.0569. The van der Waals surface area contributed by atoms with E-state index in [4.69, 9.17) is 14.7 Å². The van der Waals surface area contributed by atoms with E-state index in [9.17, 15) is 4.79 Å². The van der Waals surface area contributed by atoms with Crippen molar-refractivity contribution in [3.63, 3.8) is 0 Å². The summed E-state index contributed by atoms with van der Waals surface area (Å²) in [7, 11) is 4.11. The number of carbonyl (C=O) groups excluding carboxylic acids is 1. The molecule has 2 aliphatic rings. The average molecular weight is 486 g/mol. The van der Waals surface area contributed by atoms with Crippen LogP contribution in [-0.2, 0) is 12.8 Å². The van der Waals surface area contributed by atoms with Gasteiger partial charge in [-0.1, -0.05) is 24.3 Å². The Morgan fingerprint density at radius 1 is 0.889 bits per heavy atom. The van der Waals surface area contributed by atoms with Gasteiger partial charge in [0.1, 0.15) is 17.3 Å². The SMILES string of the molecule is CN(C)c1nc(NC2CCC(NC(=O)c3cccc(Oc4ccccc4)c3)CC2)nc2c1CCCC2. The van der Waals surface area contributed by atoms with Crippen LogP contribution in [0.15, 0.2) is 54.6 Å². The second-order valence-corrected chi connectivity index (χ2v) is 10.0. The molecule has 0 aliphatic heterocycles. The van der Waals surface area contributed by atoms with Crippen molar-refractivity contribution in [1.29, 1.82) is 0 Å². The van der Waals surface area contributed by atoms with Crippen LogP contribution in [0.2, 0.25) is 0 Å². The average Bonchev–Trinajstić information content (AvgIpc) is 2.90. The van der Waals surface area contributed by atoms with E-state index in [1.807, 2.05) is 48.5 Å². The summed E-state index contributed by atoms with van der Waals surface area (Å²) in [4.78, 5) is 24.7. The first-order chi connectivity index (χ1) is 17.5. The number of aromatic nitrogens is 2. The van der Waals surface area contributed by atoms with Crippen molar-refractivity contribution in [2.24, 2.45) is 0 Å². The Hall–Kier alpha value is -3.61. The highest BCUT2D eigenvalue weighted by atomic mass is 16.5. The summed E-state index contributed by atoms with van der Waals surface area (Å²) in [5.41, 5.74) is 3.12. The van der Waals surface area contributed by atoms with Crippen molar-refractivity contribution < 1.29 is 9.53 Å². The standard InChI is InChI=1S/C29H35N5O2/c1-34(2)27-25-13-6-7-14-26(25)32-29(33-27)31-22-17-15-21(16-18-22)30-28(35)20-9-8-12-24(19-20)36-23-10-4-3-5-11-23/h3-5,8-12,19,21-22H,6-7,13-18H2,1-2H3,(H,30,35)(H,31,32,33). The molecule has 0 spiro atoms. The van der Waals surface area contributed by atoms with Crippen molar-refractivity contribution in [2.75, 3.05) is 24.3 Å². The summed E-state index contributed by atoms with van der Waals surface area (Å²) in [5.74, 6) is 3.13. The van der Waals surface area contributed by atoms with Gasteiger partial charge in [-0.05, 0) is 81.7 Å². The van der Waals surface area contributed by atoms with E-state index in [-0.39, 0.29) is 11.9 Å². The maximum absolute atomic E-state index is 12.9. The minimum Gasteiger partial charge on any atom is -0.457 e. The van der Waals surface area contributed by atoms with E-state index < -0.39 is 0 Å². The first kappa shape index (κ1) is 24.1. The summed E-state index contributed by atoms with van der Waals surface area (Å²) in [6.45, 7) is 0. The molecule has 188 valence electrons. The highest BCUT2D eigenvalue weighted by Crippen LogP contribution is 2.29. The number of amides is 1. The minimum absolute atomic E-state index is 0.0569. The van der Waals surface area contributed by atoms with Crippen LogP contribution in [0.1, 0.15) is 60.1 Å². The fraction of sp³-hybridized carbons (Fsp3) is 0.414. The van der Waals surface area contributed by atoms with Crippen LogP contribution >= 0.6 is 0 Å². The van der Waals surface area contributed by atoms with Crippen LogP contribution in [-0.4, -0.2) is 42.1 Å². The predicted octanol–water partition coefficient (Wildman–Crippen LogP) is 5.37. The molecule has 2 aromatic carbocycles. The van der Waals surface area contributed by atoms with E-state index in [0.717, 1.165) is 56.0 Å². The number of hydrogen-bond donors (Lipinski definition) is 2. The van der Waals surface area contributed by atoms with Gasteiger partial charge < -0.3 is 20.3 Å². The van der Waals surface area contributed by atoms with E-state index in [1.54, 1.807) is 6.07 Å². The predicted molar refractivity (Wildman–Crippen MR) is 143 cm³/mol. The molecular weight excluding hydrogens is 450 g/mol. The third-order valence-electron chi connectivity index (χ3n) is 7.06. The Bertz CT molecular complexity index is 1190. The van der Waals surface area contributed by atoms with Crippen molar-refractivity contribution in [3.05, 3.63) is 71.4 Å². The van der Waals surface area contributed by atoms with Crippen LogP contribution in [0.3, 0.4) is 0 Å². The third-order valence-corrected chi connectivity index (χ3v) is 7.06. The van der Waals surface area contributed by atoms with E-state index >= 15 is 0 Å². The number of nitrogens with zero attached hydrogens (tertiary/aromatic N) is 3. The molecule has 7 nitrogen and oxygen atoms in total. The lowest BCUT2D eigenvalue weighted by molar-refractivity contribution is 0.0926. The number of rotatable bonds is 7. The highest BCUT2D eigenvalue weighted by molar-refractivity contribution is 5.94. The molecule has 1 heterocycles. The Balaban J connectivity index is 1.15. The first-order valence-corrected chi connectivity index (χ1v) is 13.0. The molecule has 5 rings (SSSR count). The molecule has 2 N–H and O–H groups in total. The molecule has 0 radical (unpaired) electrons. The zero-order valence-corrected chi connectivity index (χ0v) is 21.2. The summed E-state index contributed by atoms with van der Waals surface area (Å²) in [5, 5.41) is 6.80. The highest BCUT2D eigenvalue weighted by Gasteiger charge is 2.25. The van der Waals surface area contributed by atoms with Crippen LogP contribution in [0, 0.1) is 0 Å². The molecule has 0 unspecified atom stereocenters. The number of hydrogen-bond acceptors (Lipinski definition) is 6. The second-order valence-electron chi connectivity index (χ2n) is 10.0. The molecule has 1 saturated carbocycles. The van der Waals surface area contributed by atoms with Crippen LogP contribution < -0.4 is 20.3 Å². The number of para-hydroxylation sites is 1. The van der Waals surface area contributed by atoms with E-state index in [2.05, 4.69) is 29.6 Å². The van der Waals surface area contributed by atoms with Gasteiger partial charge in [-0.15, -0.1) is 0 Å². The van der Waals surface area contributed by atoms with E-state index in [1.165, 1.54) is 24.1 Å². The van der Waals surface area contributed by atoms with Crippen LogP contribution in [0.5, 0.6) is 11.5 Å². The number of nitrogens with one attached hydrogen (secondary N) is 2. The summed E-state index contributed by atoms with van der Waals surface area (Å²) in [6, 6.07) is 17.4. The quantitative estimate of drug-likeness (QED) is 0.469. The van der Waals surface area contributed by atoms with Gasteiger partial charge in [0.2, 0.25) is 5.95 Å². The lowest BCUT2D eigenvalue weighted by Gasteiger charge is -2.30. The van der Waals surface area contributed by atoms with Gasteiger partial charge in [0.25, 0.3) is 5.91 Å². The van der Waals surface area contributed by atoms with Gasteiger partial charge in [-0.2, -0.15) is 4.98 Å². The number of fused-ring (bicyclic) bond motifs is 1. The normalized spacial score (nSPS) is 19.2. The Labute approximate surface area is 213 Å². The van der Waals surface area contributed by atoms with Gasteiger partial charge in [0.15, 0.2) is 0 Å². The Morgan fingerprint density at radius 3 is 2.39 bits per heavy atom. The number of carbonyl (C=O) groups is 1. The fourth-order valence-corrected chi connectivity index (χ4v) is 5.17. The second kappa shape index (κ2) is 11.0. The maximum Gasteiger partial charge on any atom is 0.251 e. The van der Waals surface area contributed by atoms with Crippen LogP contribution in [0.4, 0.5) is 11.8 Å². The molecule has 7 heteroatoms. The molecule has 1 aromatic heterocycles. The molecule has 1 fully saturated rings. The smallest absolute Gasteiger partial charge is 0.251 e. The molecular formula is C29H35N5O2. The summed E-state index contributed by atoms with van der Waals surface area (Å²) >= 11 is 0. The lowest BCUT2D eigenvalue weighted by atomic mass is 9.91. The first-order valence-electron chi connectivity index (χ1n) is 13.0. The molecule has 1 amide bonds. The third kappa shape index (κ3) is 5.78. The molecule has 2 aliphatic carbocycles. The fourth-order valence-electron chi connectivity index (χ4n) is 5.17. The molecule has 36 heavy (non-hydrogen) atoms. The number of benzene rings is 2. The van der Waals surface area contributed by atoms with Gasteiger partial charge >= 0.3 is 0 Å². The van der Waals surface area contributed by atoms with Crippen molar-refractivity contribution >= 4 is 17.7 Å². The monoisotopic (exact) mass is 485 g/mol.